The van der Waals surface area contributed by atoms with Crippen molar-refractivity contribution < 1.29 is 82.2 Å². The molecule has 0 aliphatic rings. The number of hydrogen-bond acceptors (Lipinski definition) is 2. The van der Waals surface area contributed by atoms with Crippen LogP contribution in [0.2, 0.25) is 0 Å². The third-order valence-electron chi connectivity index (χ3n) is 1.35. The van der Waals surface area contributed by atoms with Crippen molar-refractivity contribution in [3.63, 3.8) is 0 Å². The Morgan fingerprint density at radius 1 is 1.12 bits per heavy atom. The van der Waals surface area contributed by atoms with Crippen molar-refractivity contribution in [1.82, 2.24) is 4.98 Å². The van der Waals surface area contributed by atoms with Gasteiger partial charge >= 0.3 is 64.7 Å². The van der Waals surface area contributed by atoms with Crippen molar-refractivity contribution in [3.05, 3.63) is 18.5 Å². The van der Waals surface area contributed by atoms with Gasteiger partial charge in [-0.25, -0.2) is 0 Å². The van der Waals surface area contributed by atoms with Gasteiger partial charge < -0.3 is 17.7 Å². The van der Waals surface area contributed by atoms with Gasteiger partial charge in [-0.3, -0.25) is 4.98 Å². The van der Waals surface area contributed by atoms with Gasteiger partial charge in [0.1, 0.15) is 5.75 Å². The average Bonchev–Trinajstić information content (AvgIpc) is 1.99. The first-order chi connectivity index (χ1) is 6.68. The standard InChI is InChI=1S/C6H3BF6NO.K/c8-6(9,10)15-5-1-4(2-14-3-5)7(11,12)13;/h1-3H;/q-1;+1. The summed E-state index contributed by atoms with van der Waals surface area (Å²) < 4.78 is 74.5. The molecule has 0 aliphatic carbocycles. The second-order valence-corrected chi connectivity index (χ2v) is 2.58. The zero-order valence-electron chi connectivity index (χ0n) is 7.93. The molecule has 16 heavy (non-hydrogen) atoms. The maximum absolute atomic E-state index is 12.1. The van der Waals surface area contributed by atoms with E-state index in [9.17, 15) is 26.1 Å². The van der Waals surface area contributed by atoms with Crippen molar-refractivity contribution in [2.75, 3.05) is 0 Å². The largest absolute Gasteiger partial charge is 1.00 e. The Labute approximate surface area is 129 Å². The quantitative estimate of drug-likeness (QED) is 0.509. The number of hydrogen-bond donors (Lipinski definition) is 0. The number of nitrogens with zero attached hydrogens (tertiary/aromatic N) is 1. The van der Waals surface area contributed by atoms with E-state index in [0.29, 0.717) is 12.4 Å². The summed E-state index contributed by atoms with van der Waals surface area (Å²) in [5.74, 6) is -0.987. The van der Waals surface area contributed by atoms with Crippen molar-refractivity contribution in [2.24, 2.45) is 0 Å². The zero-order chi connectivity index (χ0) is 11.7. The summed E-state index contributed by atoms with van der Waals surface area (Å²) in [7, 11) is 0. The summed E-state index contributed by atoms with van der Waals surface area (Å²) in [6.45, 7) is -5.38. The number of halogens is 6. The summed E-state index contributed by atoms with van der Waals surface area (Å²) in [6, 6.07) is 0.250. The van der Waals surface area contributed by atoms with Crippen molar-refractivity contribution in [3.8, 4) is 5.75 Å². The van der Waals surface area contributed by atoms with Gasteiger partial charge in [0.2, 0.25) is 0 Å². The molecule has 1 aromatic rings. The number of ether oxygens (including phenoxy) is 1. The Bertz CT molecular complexity index is 354. The molecule has 0 N–H and O–H groups in total. The molecular weight excluding hydrogens is 266 g/mol. The first-order valence-electron chi connectivity index (χ1n) is 3.59. The van der Waals surface area contributed by atoms with Crippen LogP contribution in [-0.4, -0.2) is 18.3 Å². The molecule has 0 unspecified atom stereocenters. The molecule has 0 bridgehead atoms. The van der Waals surface area contributed by atoms with Crippen LogP contribution < -0.4 is 61.6 Å². The first-order valence-corrected chi connectivity index (χ1v) is 3.59. The minimum absolute atomic E-state index is 0. The maximum Gasteiger partial charge on any atom is 1.00 e. The molecule has 84 valence electrons. The van der Waals surface area contributed by atoms with E-state index in [4.69, 9.17) is 0 Å². The predicted octanol–water partition coefficient (Wildman–Crippen LogP) is -0.961. The Morgan fingerprint density at radius 2 is 1.69 bits per heavy atom. The summed E-state index contributed by atoms with van der Waals surface area (Å²) in [4.78, 5) is 3.01. The number of alkyl halides is 3. The van der Waals surface area contributed by atoms with Crippen LogP contribution in [0.4, 0.5) is 26.1 Å². The monoisotopic (exact) mass is 269 g/mol. The molecule has 1 heterocycles. The van der Waals surface area contributed by atoms with Crippen molar-refractivity contribution >= 4 is 12.4 Å². The van der Waals surface area contributed by atoms with E-state index in [2.05, 4.69) is 9.72 Å². The summed E-state index contributed by atoms with van der Waals surface area (Å²) in [6.07, 6.45) is -4.04. The summed E-state index contributed by atoms with van der Waals surface area (Å²) >= 11 is 0. The molecule has 10 heteroatoms. The molecule has 0 radical (unpaired) electrons. The summed E-state index contributed by atoms with van der Waals surface area (Å²) in [5.41, 5.74) is -1.24. The molecule has 0 fully saturated rings. The van der Waals surface area contributed by atoms with Crippen LogP contribution in [0.1, 0.15) is 0 Å². The van der Waals surface area contributed by atoms with E-state index in [1.165, 1.54) is 0 Å². The normalized spacial score (nSPS) is 11.9. The third kappa shape index (κ3) is 5.53. The summed E-state index contributed by atoms with van der Waals surface area (Å²) in [5, 5.41) is 0. The number of aromatic nitrogens is 1. The van der Waals surface area contributed by atoms with E-state index >= 15 is 0 Å². The zero-order valence-corrected chi connectivity index (χ0v) is 11.1. The van der Waals surface area contributed by atoms with Gasteiger partial charge in [-0.05, 0) is 6.07 Å². The fourth-order valence-electron chi connectivity index (χ4n) is 0.804. The van der Waals surface area contributed by atoms with Crippen LogP contribution in [0.5, 0.6) is 5.75 Å². The molecule has 0 amide bonds. The van der Waals surface area contributed by atoms with E-state index in [1.807, 2.05) is 0 Å². The van der Waals surface area contributed by atoms with Gasteiger partial charge in [0, 0.05) is 6.20 Å². The van der Waals surface area contributed by atoms with E-state index < -0.39 is 24.6 Å². The average molecular weight is 269 g/mol. The molecule has 2 nitrogen and oxygen atoms in total. The van der Waals surface area contributed by atoms with Crippen LogP contribution in [0.25, 0.3) is 0 Å². The van der Waals surface area contributed by atoms with Gasteiger partial charge in [0.25, 0.3) is 0 Å². The fourth-order valence-corrected chi connectivity index (χ4v) is 0.804. The van der Waals surface area contributed by atoms with Crippen molar-refractivity contribution in [1.29, 1.82) is 0 Å². The Kier molecular flexibility index (Phi) is 5.80. The minimum atomic E-state index is -5.38. The van der Waals surface area contributed by atoms with Gasteiger partial charge in [-0.1, -0.05) is 5.46 Å². The van der Waals surface area contributed by atoms with Crippen LogP contribution >= 0.6 is 0 Å². The molecule has 0 spiro atoms. The second kappa shape index (κ2) is 5.72. The predicted molar refractivity (Wildman–Crippen MR) is 39.6 cm³/mol. The third-order valence-corrected chi connectivity index (χ3v) is 1.35. The molecule has 0 atom stereocenters. The SMILES string of the molecule is F[B-](F)(F)c1cncc(OC(F)(F)F)c1.[K+]. The van der Waals surface area contributed by atoms with Gasteiger partial charge in [0.15, 0.2) is 0 Å². The number of pyridine rings is 1. The van der Waals surface area contributed by atoms with Crippen molar-refractivity contribution in [2.45, 2.75) is 6.36 Å². The Hall–Kier alpha value is 0.231. The number of rotatable bonds is 2. The van der Waals surface area contributed by atoms with Crippen LogP contribution in [0.3, 0.4) is 0 Å². The molecule has 0 aliphatic heterocycles. The maximum atomic E-state index is 12.1. The van der Waals surface area contributed by atoms with Gasteiger partial charge in [0.05, 0.1) is 6.20 Å². The van der Waals surface area contributed by atoms with Crippen LogP contribution in [0, 0.1) is 0 Å². The molecule has 0 aromatic carbocycles. The van der Waals surface area contributed by atoms with Gasteiger partial charge in [-0.2, -0.15) is 0 Å². The molecule has 0 saturated heterocycles. The second-order valence-electron chi connectivity index (χ2n) is 2.58. The molecule has 1 rings (SSSR count). The van der Waals surface area contributed by atoms with Crippen LogP contribution in [-0.2, 0) is 0 Å². The van der Waals surface area contributed by atoms with Gasteiger partial charge in [-0.15, -0.1) is 13.2 Å². The first kappa shape index (κ1) is 16.2. The Balaban J connectivity index is 0.00000225. The smallest absolute Gasteiger partial charge is 0.445 e. The van der Waals surface area contributed by atoms with E-state index in [0.717, 1.165) is 0 Å². The Morgan fingerprint density at radius 3 is 2.12 bits per heavy atom. The van der Waals surface area contributed by atoms with Crippen LogP contribution in [0.15, 0.2) is 18.5 Å². The topological polar surface area (TPSA) is 22.1 Å². The fraction of sp³-hybridized carbons (Fsp3) is 0.167. The van der Waals surface area contributed by atoms with E-state index in [1.54, 1.807) is 0 Å². The molecular formula is C6H3BF6KNO. The molecule has 1 aromatic heterocycles. The molecule has 0 saturated carbocycles. The minimum Gasteiger partial charge on any atom is -0.445 e. The van der Waals surface area contributed by atoms with E-state index in [-0.39, 0.29) is 57.5 Å².